The van der Waals surface area contributed by atoms with Crippen LogP contribution in [0.25, 0.3) is 0 Å². The summed E-state index contributed by atoms with van der Waals surface area (Å²) in [6.45, 7) is 10.6. The lowest BCUT2D eigenvalue weighted by molar-refractivity contribution is 0.143. The largest absolute Gasteiger partial charge is 0.382 e. The number of nitrogens with zero attached hydrogens (tertiary/aromatic N) is 2. The first-order valence-electron chi connectivity index (χ1n) is 9.85. The highest BCUT2D eigenvalue weighted by atomic mass is 32.2. The standard InChI is InChI=1S/C20H34N4OS/c1-3-21-20(22-11-5-6-14-25-4-2)23-17-18-7-9-19(10-8-18)24-12-15-26-16-13-24/h7-10H,3-6,11-17H2,1-2H3,(H2,21,22,23). The Morgan fingerprint density at radius 1 is 1.12 bits per heavy atom. The van der Waals surface area contributed by atoms with Gasteiger partial charge in [0.05, 0.1) is 6.54 Å². The molecule has 0 bridgehead atoms. The van der Waals surface area contributed by atoms with E-state index >= 15 is 0 Å². The summed E-state index contributed by atoms with van der Waals surface area (Å²) in [7, 11) is 0. The van der Waals surface area contributed by atoms with E-state index in [1.54, 1.807) is 0 Å². The Kier molecular flexibility index (Phi) is 10.4. The Hall–Kier alpha value is -1.40. The normalized spacial score (nSPS) is 15.2. The number of aliphatic imine (C=N–C) groups is 1. The van der Waals surface area contributed by atoms with Gasteiger partial charge in [-0.05, 0) is 44.4 Å². The van der Waals surface area contributed by atoms with Crippen molar-refractivity contribution in [3.8, 4) is 0 Å². The molecule has 0 aromatic heterocycles. The molecule has 2 rings (SSSR count). The molecule has 0 unspecified atom stereocenters. The van der Waals surface area contributed by atoms with Crippen LogP contribution in [0.3, 0.4) is 0 Å². The number of nitrogens with one attached hydrogen (secondary N) is 2. The predicted molar refractivity (Wildman–Crippen MR) is 115 cm³/mol. The lowest BCUT2D eigenvalue weighted by atomic mass is 10.2. The molecule has 0 spiro atoms. The van der Waals surface area contributed by atoms with Crippen molar-refractivity contribution in [2.75, 3.05) is 55.8 Å². The summed E-state index contributed by atoms with van der Waals surface area (Å²) >= 11 is 2.04. The summed E-state index contributed by atoms with van der Waals surface area (Å²) < 4.78 is 5.37. The molecular weight excluding hydrogens is 344 g/mol. The van der Waals surface area contributed by atoms with Crippen LogP contribution in [-0.4, -0.2) is 56.9 Å². The van der Waals surface area contributed by atoms with Crippen LogP contribution < -0.4 is 15.5 Å². The minimum Gasteiger partial charge on any atom is -0.382 e. The summed E-state index contributed by atoms with van der Waals surface area (Å²) in [6.07, 6.45) is 2.17. The number of thioether (sulfide) groups is 1. The monoisotopic (exact) mass is 378 g/mol. The van der Waals surface area contributed by atoms with Crippen LogP contribution in [0, 0.1) is 0 Å². The van der Waals surface area contributed by atoms with Gasteiger partial charge in [0.1, 0.15) is 0 Å². The molecule has 146 valence electrons. The highest BCUT2D eigenvalue weighted by Gasteiger charge is 2.10. The number of guanidine groups is 1. The molecule has 0 aliphatic carbocycles. The number of benzene rings is 1. The van der Waals surface area contributed by atoms with Gasteiger partial charge >= 0.3 is 0 Å². The van der Waals surface area contributed by atoms with Gasteiger partial charge in [-0.15, -0.1) is 0 Å². The molecule has 1 saturated heterocycles. The van der Waals surface area contributed by atoms with Crippen molar-refractivity contribution >= 4 is 23.4 Å². The van der Waals surface area contributed by atoms with Crippen molar-refractivity contribution < 1.29 is 4.74 Å². The molecule has 1 heterocycles. The van der Waals surface area contributed by atoms with Gasteiger partial charge in [-0.3, -0.25) is 0 Å². The van der Waals surface area contributed by atoms with Crippen molar-refractivity contribution in [3.63, 3.8) is 0 Å². The van der Waals surface area contributed by atoms with Crippen LogP contribution in [-0.2, 0) is 11.3 Å². The van der Waals surface area contributed by atoms with Crippen LogP contribution in [0.5, 0.6) is 0 Å². The highest BCUT2D eigenvalue weighted by Crippen LogP contribution is 2.20. The SMILES string of the molecule is CCNC(=NCc1ccc(N2CCSCC2)cc1)NCCCCOCC. The Morgan fingerprint density at radius 3 is 2.58 bits per heavy atom. The molecule has 0 amide bonds. The van der Waals surface area contributed by atoms with Crippen molar-refractivity contribution in [1.29, 1.82) is 0 Å². The number of anilines is 1. The first kappa shape index (κ1) is 20.9. The first-order valence-corrected chi connectivity index (χ1v) is 11.0. The predicted octanol–water partition coefficient (Wildman–Crippen LogP) is 3.11. The number of hydrogen-bond donors (Lipinski definition) is 2. The zero-order chi connectivity index (χ0) is 18.5. The summed E-state index contributed by atoms with van der Waals surface area (Å²) in [5.74, 6) is 3.35. The molecule has 0 atom stereocenters. The van der Waals surface area contributed by atoms with E-state index in [1.165, 1.54) is 22.8 Å². The average molecular weight is 379 g/mol. The molecule has 1 aliphatic rings. The smallest absolute Gasteiger partial charge is 0.191 e. The van der Waals surface area contributed by atoms with Crippen molar-refractivity contribution in [2.45, 2.75) is 33.2 Å². The maximum atomic E-state index is 5.37. The molecule has 0 saturated carbocycles. The number of rotatable bonds is 10. The van der Waals surface area contributed by atoms with E-state index in [1.807, 2.05) is 18.7 Å². The minimum absolute atomic E-state index is 0.699. The van der Waals surface area contributed by atoms with Crippen LogP contribution in [0.15, 0.2) is 29.3 Å². The number of unbranched alkanes of at least 4 members (excludes halogenated alkanes) is 1. The second kappa shape index (κ2) is 12.9. The summed E-state index contributed by atoms with van der Waals surface area (Å²) in [4.78, 5) is 7.18. The van der Waals surface area contributed by atoms with Crippen LogP contribution in [0.1, 0.15) is 32.3 Å². The van der Waals surface area contributed by atoms with Crippen LogP contribution >= 0.6 is 11.8 Å². The van der Waals surface area contributed by atoms with E-state index in [4.69, 9.17) is 9.73 Å². The highest BCUT2D eigenvalue weighted by molar-refractivity contribution is 7.99. The van der Waals surface area contributed by atoms with Gasteiger partial charge in [0, 0.05) is 56.6 Å². The molecule has 1 aliphatic heterocycles. The molecule has 0 radical (unpaired) electrons. The van der Waals surface area contributed by atoms with Gasteiger partial charge in [0.25, 0.3) is 0 Å². The molecule has 1 aromatic rings. The molecule has 1 fully saturated rings. The third-order valence-corrected chi connectivity index (χ3v) is 5.23. The van der Waals surface area contributed by atoms with Crippen molar-refractivity contribution in [3.05, 3.63) is 29.8 Å². The van der Waals surface area contributed by atoms with Crippen molar-refractivity contribution in [1.82, 2.24) is 10.6 Å². The molecule has 26 heavy (non-hydrogen) atoms. The third-order valence-electron chi connectivity index (χ3n) is 4.29. The lowest BCUT2D eigenvalue weighted by Gasteiger charge is -2.28. The van der Waals surface area contributed by atoms with E-state index in [2.05, 4.69) is 46.7 Å². The molecule has 5 nitrogen and oxygen atoms in total. The topological polar surface area (TPSA) is 48.9 Å². The fraction of sp³-hybridized carbons (Fsp3) is 0.650. The van der Waals surface area contributed by atoms with Crippen molar-refractivity contribution in [2.24, 2.45) is 4.99 Å². The Labute approximate surface area is 163 Å². The fourth-order valence-electron chi connectivity index (χ4n) is 2.83. The first-order chi connectivity index (χ1) is 12.8. The average Bonchev–Trinajstić information content (AvgIpc) is 2.70. The van der Waals surface area contributed by atoms with Gasteiger partial charge in [-0.25, -0.2) is 4.99 Å². The Balaban J connectivity index is 1.78. The third kappa shape index (κ3) is 7.87. The van der Waals surface area contributed by atoms with E-state index in [-0.39, 0.29) is 0 Å². The zero-order valence-electron chi connectivity index (χ0n) is 16.3. The molecule has 6 heteroatoms. The molecule has 1 aromatic carbocycles. The number of ether oxygens (including phenoxy) is 1. The molecule has 2 N–H and O–H groups in total. The maximum Gasteiger partial charge on any atom is 0.191 e. The fourth-order valence-corrected chi connectivity index (χ4v) is 3.73. The van der Waals surface area contributed by atoms with Gasteiger partial charge in [0.2, 0.25) is 0 Å². The van der Waals surface area contributed by atoms with Gasteiger partial charge < -0.3 is 20.3 Å². The Bertz CT molecular complexity index is 515. The van der Waals surface area contributed by atoms with E-state index < -0.39 is 0 Å². The van der Waals surface area contributed by atoms with Gasteiger partial charge in [-0.2, -0.15) is 11.8 Å². The summed E-state index contributed by atoms with van der Waals surface area (Å²) in [5, 5.41) is 6.72. The maximum absolute atomic E-state index is 5.37. The van der Waals surface area contributed by atoms with Crippen LogP contribution in [0.2, 0.25) is 0 Å². The molecular formula is C20H34N4OS. The minimum atomic E-state index is 0.699. The quantitative estimate of drug-likeness (QED) is 0.372. The van der Waals surface area contributed by atoms with Crippen LogP contribution in [0.4, 0.5) is 5.69 Å². The van der Waals surface area contributed by atoms with E-state index in [0.29, 0.717) is 6.54 Å². The summed E-state index contributed by atoms with van der Waals surface area (Å²) in [5.41, 5.74) is 2.58. The zero-order valence-corrected chi connectivity index (χ0v) is 17.1. The van der Waals surface area contributed by atoms with Gasteiger partial charge in [0.15, 0.2) is 5.96 Å². The van der Waals surface area contributed by atoms with E-state index in [9.17, 15) is 0 Å². The van der Waals surface area contributed by atoms with E-state index in [0.717, 1.165) is 58.2 Å². The number of hydrogen-bond acceptors (Lipinski definition) is 4. The lowest BCUT2D eigenvalue weighted by Crippen LogP contribution is -2.37. The van der Waals surface area contributed by atoms with Gasteiger partial charge in [-0.1, -0.05) is 12.1 Å². The summed E-state index contributed by atoms with van der Waals surface area (Å²) in [6, 6.07) is 8.86. The Morgan fingerprint density at radius 2 is 1.88 bits per heavy atom. The second-order valence-corrected chi connectivity index (χ2v) is 7.52. The second-order valence-electron chi connectivity index (χ2n) is 6.29.